The Bertz CT molecular complexity index is 347. The molecule has 3 rings (SSSR count). The molecule has 4 heteroatoms. The van der Waals surface area contributed by atoms with Gasteiger partial charge in [0.25, 0.3) is 0 Å². The summed E-state index contributed by atoms with van der Waals surface area (Å²) < 4.78 is 5.34. The van der Waals surface area contributed by atoms with Gasteiger partial charge in [-0.15, -0.1) is 6.42 Å². The molecule has 1 unspecified atom stereocenters. The minimum absolute atomic E-state index is 0.110. The zero-order chi connectivity index (χ0) is 11.0. The van der Waals surface area contributed by atoms with Gasteiger partial charge in [-0.3, -0.25) is 0 Å². The average molecular weight is 220 g/mol. The lowest BCUT2D eigenvalue weighted by Crippen LogP contribution is -2.48. The summed E-state index contributed by atoms with van der Waals surface area (Å²) in [5, 5.41) is 7.61. The van der Waals surface area contributed by atoms with Crippen LogP contribution in [-0.2, 0) is 9.57 Å². The largest absolute Gasteiger partial charge is 0.465 e. The SMILES string of the molecule is C#CCOC1=NOC2(C1)C[C@H]1CC[C@@H](C2)N1. The highest BCUT2D eigenvalue weighted by Gasteiger charge is 2.49. The molecule has 0 aromatic heterocycles. The quantitative estimate of drug-likeness (QED) is 0.671. The minimum atomic E-state index is -0.110. The van der Waals surface area contributed by atoms with Gasteiger partial charge < -0.3 is 14.9 Å². The van der Waals surface area contributed by atoms with Crippen LogP contribution in [0.5, 0.6) is 0 Å². The maximum Gasteiger partial charge on any atom is 0.230 e. The fourth-order valence-corrected chi connectivity index (χ4v) is 3.11. The van der Waals surface area contributed by atoms with E-state index in [9.17, 15) is 0 Å². The highest BCUT2D eigenvalue weighted by atomic mass is 16.7. The fraction of sp³-hybridized carbons (Fsp3) is 0.750. The van der Waals surface area contributed by atoms with Crippen LogP contribution in [0.2, 0.25) is 0 Å². The molecule has 4 nitrogen and oxygen atoms in total. The van der Waals surface area contributed by atoms with Gasteiger partial charge in [-0.1, -0.05) is 11.1 Å². The summed E-state index contributed by atoms with van der Waals surface area (Å²) >= 11 is 0. The second-order valence-electron chi connectivity index (χ2n) is 4.98. The van der Waals surface area contributed by atoms with Crippen LogP contribution in [-0.4, -0.2) is 30.2 Å². The molecule has 2 bridgehead atoms. The van der Waals surface area contributed by atoms with Crippen molar-refractivity contribution in [3.63, 3.8) is 0 Å². The normalized spacial score (nSPS) is 40.3. The lowest BCUT2D eigenvalue weighted by Gasteiger charge is -2.35. The van der Waals surface area contributed by atoms with Crippen molar-refractivity contribution in [2.75, 3.05) is 6.61 Å². The summed E-state index contributed by atoms with van der Waals surface area (Å²) in [4.78, 5) is 5.63. The number of hydrogen-bond acceptors (Lipinski definition) is 4. The van der Waals surface area contributed by atoms with Crippen LogP contribution >= 0.6 is 0 Å². The van der Waals surface area contributed by atoms with E-state index >= 15 is 0 Å². The molecule has 1 N–H and O–H groups in total. The van der Waals surface area contributed by atoms with Crippen LogP contribution in [0.15, 0.2) is 5.16 Å². The number of piperidine rings is 1. The second-order valence-corrected chi connectivity index (χ2v) is 4.98. The lowest BCUT2D eigenvalue weighted by molar-refractivity contribution is -0.0524. The van der Waals surface area contributed by atoms with Crippen LogP contribution in [0, 0.1) is 12.3 Å². The van der Waals surface area contributed by atoms with E-state index in [4.69, 9.17) is 16.0 Å². The van der Waals surface area contributed by atoms with Crippen molar-refractivity contribution in [1.29, 1.82) is 0 Å². The number of terminal acetylenes is 1. The van der Waals surface area contributed by atoms with Crippen molar-refractivity contribution in [1.82, 2.24) is 5.32 Å². The van der Waals surface area contributed by atoms with E-state index in [0.29, 0.717) is 18.0 Å². The number of hydrogen-bond donors (Lipinski definition) is 1. The predicted molar refractivity (Wildman–Crippen MR) is 59.8 cm³/mol. The zero-order valence-electron chi connectivity index (χ0n) is 9.24. The summed E-state index contributed by atoms with van der Waals surface area (Å²) in [6, 6.07) is 1.20. The molecular weight excluding hydrogens is 204 g/mol. The topological polar surface area (TPSA) is 42.9 Å². The average Bonchev–Trinajstić information content (AvgIpc) is 2.81. The molecule has 86 valence electrons. The third-order valence-corrected chi connectivity index (χ3v) is 3.71. The molecule has 3 aliphatic heterocycles. The fourth-order valence-electron chi connectivity index (χ4n) is 3.11. The molecule has 3 atom stereocenters. The monoisotopic (exact) mass is 220 g/mol. The van der Waals surface area contributed by atoms with Gasteiger partial charge in [0.05, 0.1) is 6.42 Å². The van der Waals surface area contributed by atoms with Crippen LogP contribution in [0.4, 0.5) is 0 Å². The summed E-state index contributed by atoms with van der Waals surface area (Å²) in [5.74, 6) is 3.11. The van der Waals surface area contributed by atoms with Crippen LogP contribution in [0.1, 0.15) is 32.1 Å². The molecule has 3 heterocycles. The first kappa shape index (κ1) is 9.98. The van der Waals surface area contributed by atoms with Gasteiger partial charge >= 0.3 is 0 Å². The highest BCUT2D eigenvalue weighted by Crippen LogP contribution is 2.41. The third-order valence-electron chi connectivity index (χ3n) is 3.71. The summed E-state index contributed by atoms with van der Waals surface area (Å²) in [5.41, 5.74) is -0.110. The number of oxime groups is 1. The molecule has 16 heavy (non-hydrogen) atoms. The molecule has 0 saturated carbocycles. The van der Waals surface area contributed by atoms with E-state index in [2.05, 4.69) is 16.4 Å². The number of ether oxygens (including phenoxy) is 1. The second kappa shape index (κ2) is 3.67. The maximum atomic E-state index is 5.63. The first-order chi connectivity index (χ1) is 7.80. The molecule has 0 aromatic rings. The van der Waals surface area contributed by atoms with Crippen LogP contribution < -0.4 is 5.32 Å². The smallest absolute Gasteiger partial charge is 0.230 e. The Morgan fingerprint density at radius 1 is 1.50 bits per heavy atom. The Balaban J connectivity index is 1.64. The molecule has 2 saturated heterocycles. The predicted octanol–water partition coefficient (Wildman–Crippen LogP) is 1.02. The van der Waals surface area contributed by atoms with Gasteiger partial charge in [-0.25, -0.2) is 0 Å². The van der Waals surface area contributed by atoms with E-state index in [1.807, 2.05) is 0 Å². The molecule has 0 radical (unpaired) electrons. The van der Waals surface area contributed by atoms with E-state index in [-0.39, 0.29) is 12.2 Å². The standard InChI is InChI=1S/C12H16N2O2/c1-2-5-15-11-8-12(16-14-11)6-9-3-4-10(7-12)13-9/h1,9-10,13H,3-8H2/t9-,10+,12?. The van der Waals surface area contributed by atoms with Gasteiger partial charge in [0, 0.05) is 24.9 Å². The Labute approximate surface area is 95.4 Å². The maximum absolute atomic E-state index is 5.63. The third kappa shape index (κ3) is 1.65. The van der Waals surface area contributed by atoms with Gasteiger partial charge in [0.15, 0.2) is 0 Å². The van der Waals surface area contributed by atoms with Crippen LogP contribution in [0.25, 0.3) is 0 Å². The lowest BCUT2D eigenvalue weighted by atomic mass is 9.85. The number of rotatable bonds is 1. The van der Waals surface area contributed by atoms with E-state index in [1.165, 1.54) is 12.8 Å². The Morgan fingerprint density at radius 2 is 2.25 bits per heavy atom. The van der Waals surface area contributed by atoms with Crippen molar-refractivity contribution >= 4 is 5.90 Å². The Morgan fingerprint density at radius 3 is 2.94 bits per heavy atom. The van der Waals surface area contributed by atoms with Gasteiger partial charge in [0.2, 0.25) is 5.90 Å². The van der Waals surface area contributed by atoms with Crippen molar-refractivity contribution < 1.29 is 9.57 Å². The van der Waals surface area contributed by atoms with Crippen molar-refractivity contribution in [3.05, 3.63) is 0 Å². The van der Waals surface area contributed by atoms with Crippen molar-refractivity contribution in [3.8, 4) is 12.3 Å². The summed E-state index contributed by atoms with van der Waals surface area (Å²) in [6.07, 6.45) is 10.5. The number of nitrogens with zero attached hydrogens (tertiary/aromatic N) is 1. The van der Waals surface area contributed by atoms with E-state index in [1.54, 1.807) is 0 Å². The van der Waals surface area contributed by atoms with Crippen LogP contribution in [0.3, 0.4) is 0 Å². The molecule has 0 aliphatic carbocycles. The van der Waals surface area contributed by atoms with Crippen molar-refractivity contribution in [2.24, 2.45) is 5.16 Å². The molecular formula is C12H16N2O2. The van der Waals surface area contributed by atoms with Gasteiger partial charge in [-0.05, 0) is 12.8 Å². The molecule has 3 aliphatic rings. The first-order valence-corrected chi connectivity index (χ1v) is 5.87. The number of nitrogens with one attached hydrogen (secondary N) is 1. The van der Waals surface area contributed by atoms with Gasteiger partial charge in [-0.2, -0.15) is 0 Å². The van der Waals surface area contributed by atoms with E-state index < -0.39 is 0 Å². The Hall–Kier alpha value is -1.21. The van der Waals surface area contributed by atoms with Gasteiger partial charge in [0.1, 0.15) is 12.2 Å². The molecule has 1 spiro atoms. The molecule has 2 fully saturated rings. The Kier molecular flexibility index (Phi) is 2.29. The number of fused-ring (bicyclic) bond motifs is 2. The molecule has 0 amide bonds. The van der Waals surface area contributed by atoms with E-state index in [0.717, 1.165) is 19.3 Å². The molecule has 0 aromatic carbocycles. The highest BCUT2D eigenvalue weighted by molar-refractivity contribution is 5.78. The minimum Gasteiger partial charge on any atom is -0.465 e. The van der Waals surface area contributed by atoms with Crippen molar-refractivity contribution in [2.45, 2.75) is 49.8 Å². The first-order valence-electron chi connectivity index (χ1n) is 5.87. The summed E-state index contributed by atoms with van der Waals surface area (Å²) in [6.45, 7) is 0.281. The zero-order valence-corrected chi connectivity index (χ0v) is 9.24. The summed E-state index contributed by atoms with van der Waals surface area (Å²) in [7, 11) is 0.